The van der Waals surface area contributed by atoms with Gasteiger partial charge in [-0.3, -0.25) is 4.79 Å². The lowest BCUT2D eigenvalue weighted by Crippen LogP contribution is -2.29. The molecular weight excluding hydrogens is 265 g/mol. The number of halogens is 2. The normalized spacial score (nSPS) is 13.4. The van der Waals surface area contributed by atoms with Crippen LogP contribution in [-0.4, -0.2) is 11.8 Å². The second-order valence-electron chi connectivity index (χ2n) is 6.18. The second kappa shape index (κ2) is 6.49. The minimum Gasteiger partial charge on any atom is -0.327 e. The molecule has 0 aliphatic heterocycles. The number of carbonyl (C=O) groups is 1. The minimum atomic E-state index is -0.383. The van der Waals surface area contributed by atoms with Crippen molar-refractivity contribution < 1.29 is 9.18 Å². The molecule has 2 N–H and O–H groups in total. The van der Waals surface area contributed by atoms with E-state index in [-0.39, 0.29) is 29.5 Å². The molecule has 2 nitrogen and oxygen atoms in total. The Kier molecular flexibility index (Phi) is 5.50. The Morgan fingerprint density at radius 1 is 1.42 bits per heavy atom. The van der Waals surface area contributed by atoms with Crippen molar-refractivity contribution in [1.82, 2.24) is 0 Å². The summed E-state index contributed by atoms with van der Waals surface area (Å²) in [5.41, 5.74) is 6.57. The van der Waals surface area contributed by atoms with Gasteiger partial charge in [-0.2, -0.15) is 0 Å². The van der Waals surface area contributed by atoms with Gasteiger partial charge in [-0.15, -0.1) is 0 Å². The van der Waals surface area contributed by atoms with E-state index in [1.807, 2.05) is 0 Å². The fraction of sp³-hybridized carbons (Fsp3) is 0.533. The number of nitrogens with two attached hydrogens (primary N) is 1. The Balaban J connectivity index is 2.58. The first-order valence-electron chi connectivity index (χ1n) is 6.38. The predicted molar refractivity (Wildman–Crippen MR) is 76.8 cm³/mol. The molecular formula is C15H21ClFNO. The summed E-state index contributed by atoms with van der Waals surface area (Å²) in [5, 5.41) is 0.416. The van der Waals surface area contributed by atoms with Gasteiger partial charge in [-0.1, -0.05) is 32.4 Å². The molecule has 1 aromatic rings. The van der Waals surface area contributed by atoms with E-state index >= 15 is 0 Å². The van der Waals surface area contributed by atoms with E-state index in [9.17, 15) is 9.18 Å². The Morgan fingerprint density at radius 3 is 2.63 bits per heavy atom. The van der Waals surface area contributed by atoms with Crippen molar-refractivity contribution in [2.45, 2.75) is 46.1 Å². The molecule has 0 aliphatic rings. The number of hydrogen-bond acceptors (Lipinski definition) is 2. The highest BCUT2D eigenvalue weighted by atomic mass is 35.5. The van der Waals surface area contributed by atoms with E-state index < -0.39 is 0 Å². The molecule has 0 saturated heterocycles. The largest absolute Gasteiger partial charge is 0.327 e. The number of hydrogen-bond donors (Lipinski definition) is 1. The SMILES string of the molecule is CC(C)(C)CC(N)CC(=O)Cc1cc(F)ccc1Cl. The number of ketones is 1. The molecule has 0 fully saturated rings. The zero-order valence-electron chi connectivity index (χ0n) is 11.7. The molecule has 0 aliphatic carbocycles. The van der Waals surface area contributed by atoms with Gasteiger partial charge in [0.05, 0.1) is 0 Å². The van der Waals surface area contributed by atoms with Gasteiger partial charge in [0, 0.05) is 23.9 Å². The first-order valence-corrected chi connectivity index (χ1v) is 6.76. The van der Waals surface area contributed by atoms with Gasteiger partial charge in [0.1, 0.15) is 11.6 Å². The van der Waals surface area contributed by atoms with Crippen molar-refractivity contribution in [1.29, 1.82) is 0 Å². The van der Waals surface area contributed by atoms with Gasteiger partial charge < -0.3 is 5.73 Å². The summed E-state index contributed by atoms with van der Waals surface area (Å²) in [6.07, 6.45) is 1.20. The van der Waals surface area contributed by atoms with E-state index in [1.165, 1.54) is 18.2 Å². The number of carbonyl (C=O) groups excluding carboxylic acids is 1. The molecule has 1 rings (SSSR count). The minimum absolute atomic E-state index is 0.00995. The Hall–Kier alpha value is -0.930. The second-order valence-corrected chi connectivity index (χ2v) is 6.59. The Morgan fingerprint density at radius 2 is 2.05 bits per heavy atom. The van der Waals surface area contributed by atoms with E-state index in [2.05, 4.69) is 20.8 Å². The van der Waals surface area contributed by atoms with E-state index in [1.54, 1.807) is 0 Å². The first kappa shape index (κ1) is 16.1. The maximum atomic E-state index is 13.1. The van der Waals surface area contributed by atoms with Crippen LogP contribution in [0.4, 0.5) is 4.39 Å². The fourth-order valence-corrected chi connectivity index (χ4v) is 2.30. The first-order chi connectivity index (χ1) is 8.67. The molecule has 4 heteroatoms. The highest BCUT2D eigenvalue weighted by Crippen LogP contribution is 2.22. The van der Waals surface area contributed by atoms with Crippen LogP contribution in [-0.2, 0) is 11.2 Å². The summed E-state index contributed by atoms with van der Waals surface area (Å²) in [5.74, 6) is -0.393. The van der Waals surface area contributed by atoms with Crippen molar-refractivity contribution in [3.63, 3.8) is 0 Å². The molecule has 0 radical (unpaired) electrons. The van der Waals surface area contributed by atoms with Gasteiger partial charge in [0.25, 0.3) is 0 Å². The summed E-state index contributed by atoms with van der Waals surface area (Å²) in [4.78, 5) is 11.9. The van der Waals surface area contributed by atoms with Crippen molar-refractivity contribution in [2.75, 3.05) is 0 Å². The quantitative estimate of drug-likeness (QED) is 0.895. The van der Waals surface area contributed by atoms with Gasteiger partial charge in [-0.05, 0) is 35.6 Å². The molecule has 0 saturated carbocycles. The maximum Gasteiger partial charge on any atom is 0.138 e. The molecule has 0 aromatic heterocycles. The topological polar surface area (TPSA) is 43.1 Å². The number of rotatable bonds is 5. The van der Waals surface area contributed by atoms with Crippen molar-refractivity contribution >= 4 is 17.4 Å². The zero-order chi connectivity index (χ0) is 14.6. The third-order valence-electron chi connectivity index (χ3n) is 2.76. The molecule has 0 bridgehead atoms. The molecule has 0 heterocycles. The molecule has 106 valence electrons. The summed E-state index contributed by atoms with van der Waals surface area (Å²) >= 11 is 5.93. The van der Waals surface area contributed by atoms with Gasteiger partial charge in [0.2, 0.25) is 0 Å². The monoisotopic (exact) mass is 285 g/mol. The maximum absolute atomic E-state index is 13.1. The van der Waals surface area contributed by atoms with Crippen molar-refractivity contribution in [3.8, 4) is 0 Å². The number of benzene rings is 1. The molecule has 19 heavy (non-hydrogen) atoms. The van der Waals surface area contributed by atoms with Crippen molar-refractivity contribution in [2.24, 2.45) is 11.1 Å². The van der Waals surface area contributed by atoms with Gasteiger partial charge in [-0.25, -0.2) is 4.39 Å². The van der Waals surface area contributed by atoms with E-state index in [0.29, 0.717) is 17.0 Å². The van der Waals surface area contributed by atoms with E-state index in [4.69, 9.17) is 17.3 Å². The lowest BCUT2D eigenvalue weighted by molar-refractivity contribution is -0.118. The Bertz CT molecular complexity index is 454. The average molecular weight is 286 g/mol. The number of Topliss-reactive ketones (excluding diaryl/α,β-unsaturated/α-hetero) is 1. The molecule has 0 spiro atoms. The van der Waals surface area contributed by atoms with Crippen LogP contribution in [0.25, 0.3) is 0 Å². The van der Waals surface area contributed by atoms with Crippen LogP contribution in [0, 0.1) is 11.2 Å². The van der Waals surface area contributed by atoms with Crippen LogP contribution in [0.5, 0.6) is 0 Å². The van der Waals surface area contributed by atoms with Crippen LogP contribution >= 0.6 is 11.6 Å². The molecule has 1 unspecified atom stereocenters. The lowest BCUT2D eigenvalue weighted by atomic mass is 9.86. The summed E-state index contributed by atoms with van der Waals surface area (Å²) in [6.45, 7) is 6.25. The third kappa shape index (κ3) is 6.17. The molecule has 0 amide bonds. The standard InChI is InChI=1S/C15H21ClFNO/c1-15(2,3)9-12(18)8-13(19)7-10-6-11(17)4-5-14(10)16/h4-6,12H,7-9,18H2,1-3H3. The summed E-state index contributed by atoms with van der Waals surface area (Å²) in [6, 6.07) is 3.88. The molecule has 1 aromatic carbocycles. The van der Waals surface area contributed by atoms with Crippen LogP contribution in [0.1, 0.15) is 39.2 Å². The van der Waals surface area contributed by atoms with Crippen LogP contribution < -0.4 is 5.73 Å². The highest BCUT2D eigenvalue weighted by Gasteiger charge is 2.18. The molecule has 1 atom stereocenters. The fourth-order valence-electron chi connectivity index (χ4n) is 2.11. The Labute approximate surface area is 119 Å². The summed E-state index contributed by atoms with van der Waals surface area (Å²) in [7, 11) is 0. The summed E-state index contributed by atoms with van der Waals surface area (Å²) < 4.78 is 13.1. The predicted octanol–water partition coefficient (Wildman–Crippen LogP) is 3.74. The zero-order valence-corrected chi connectivity index (χ0v) is 12.4. The highest BCUT2D eigenvalue weighted by molar-refractivity contribution is 6.31. The van der Waals surface area contributed by atoms with Crippen molar-refractivity contribution in [3.05, 3.63) is 34.6 Å². The third-order valence-corrected chi connectivity index (χ3v) is 3.13. The smallest absolute Gasteiger partial charge is 0.138 e. The van der Waals surface area contributed by atoms with Crippen LogP contribution in [0.3, 0.4) is 0 Å². The lowest BCUT2D eigenvalue weighted by Gasteiger charge is -2.22. The van der Waals surface area contributed by atoms with Gasteiger partial charge in [0.15, 0.2) is 0 Å². The van der Waals surface area contributed by atoms with Crippen LogP contribution in [0.15, 0.2) is 18.2 Å². The van der Waals surface area contributed by atoms with E-state index in [0.717, 1.165) is 6.42 Å². The average Bonchev–Trinajstić information content (AvgIpc) is 2.20. The van der Waals surface area contributed by atoms with Gasteiger partial charge >= 0.3 is 0 Å². The van der Waals surface area contributed by atoms with Crippen LogP contribution in [0.2, 0.25) is 5.02 Å².